The second-order valence-corrected chi connectivity index (χ2v) is 4.77. The molecule has 12 heavy (non-hydrogen) atoms. The van der Waals surface area contributed by atoms with E-state index in [1.54, 1.807) is 0 Å². The summed E-state index contributed by atoms with van der Waals surface area (Å²) in [5.74, 6) is 2.75. The maximum atomic E-state index is 11.8. The molecule has 3 aliphatic carbocycles. The lowest BCUT2D eigenvalue weighted by atomic mass is 9.70. The third-order valence-electron chi connectivity index (χ3n) is 4.01. The maximum Gasteiger partial charge on any atom is 0.143 e. The van der Waals surface area contributed by atoms with Gasteiger partial charge in [-0.3, -0.25) is 4.79 Å². The van der Waals surface area contributed by atoms with Crippen molar-refractivity contribution >= 4 is 5.78 Å². The molecule has 3 saturated carbocycles. The molecule has 1 nitrogen and oxygen atoms in total. The zero-order valence-corrected chi connectivity index (χ0v) is 7.25. The van der Waals surface area contributed by atoms with E-state index >= 15 is 0 Å². The molecule has 0 aliphatic heterocycles. The highest BCUT2D eigenvalue weighted by Crippen LogP contribution is 2.54. The number of carbonyl (C=O) groups excluding carboxylic acids is 1. The monoisotopic (exact) mass is 162 g/mol. The molecular weight excluding hydrogens is 148 g/mol. The van der Waals surface area contributed by atoms with Crippen molar-refractivity contribution in [2.45, 2.75) is 25.7 Å². The van der Waals surface area contributed by atoms with Crippen molar-refractivity contribution in [1.82, 2.24) is 0 Å². The number of allylic oxidation sites excluding steroid dienone is 1. The number of carbonyl (C=O) groups is 1. The van der Waals surface area contributed by atoms with Gasteiger partial charge in [0, 0.05) is 11.8 Å². The Kier molecular flexibility index (Phi) is 1.15. The molecule has 3 aliphatic rings. The van der Waals surface area contributed by atoms with Crippen LogP contribution in [0.3, 0.4) is 0 Å². The Morgan fingerprint density at radius 2 is 2.08 bits per heavy atom. The van der Waals surface area contributed by atoms with Crippen LogP contribution in [-0.2, 0) is 4.79 Å². The predicted molar refractivity (Wildman–Crippen MR) is 46.6 cm³/mol. The van der Waals surface area contributed by atoms with Crippen molar-refractivity contribution in [3.8, 4) is 0 Å². The van der Waals surface area contributed by atoms with Crippen LogP contribution in [0.25, 0.3) is 0 Å². The van der Waals surface area contributed by atoms with E-state index in [1.807, 2.05) is 0 Å². The molecule has 0 spiro atoms. The van der Waals surface area contributed by atoms with E-state index in [-0.39, 0.29) is 5.92 Å². The smallest absolute Gasteiger partial charge is 0.143 e. The molecule has 4 atom stereocenters. The van der Waals surface area contributed by atoms with Gasteiger partial charge < -0.3 is 0 Å². The second-order valence-electron chi connectivity index (χ2n) is 4.77. The van der Waals surface area contributed by atoms with Crippen LogP contribution in [0.2, 0.25) is 0 Å². The summed E-state index contributed by atoms with van der Waals surface area (Å²) in [6.07, 6.45) is 4.80. The first kappa shape index (κ1) is 6.88. The Hall–Kier alpha value is -0.590. The van der Waals surface area contributed by atoms with Crippen LogP contribution in [0, 0.1) is 23.7 Å². The van der Waals surface area contributed by atoms with Gasteiger partial charge >= 0.3 is 0 Å². The highest BCUT2D eigenvalue weighted by atomic mass is 16.1. The summed E-state index contributed by atoms with van der Waals surface area (Å²) in [5.41, 5.74) is 1.25. The standard InChI is InChI=1S/C11H14O/c1-6-2-7-3-8-5-9(4-7)11(12)10(6)8/h7-10H,1-5H2/t7-,8+,9-,10?/m0/s1. The molecule has 0 aromatic rings. The van der Waals surface area contributed by atoms with Gasteiger partial charge in [0.2, 0.25) is 0 Å². The second kappa shape index (κ2) is 2.01. The van der Waals surface area contributed by atoms with E-state index in [2.05, 4.69) is 6.58 Å². The van der Waals surface area contributed by atoms with Crippen LogP contribution in [0.1, 0.15) is 25.7 Å². The zero-order valence-electron chi connectivity index (χ0n) is 7.25. The van der Waals surface area contributed by atoms with Gasteiger partial charge in [0.25, 0.3) is 0 Å². The van der Waals surface area contributed by atoms with Crippen LogP contribution in [-0.4, -0.2) is 5.78 Å². The molecule has 64 valence electrons. The van der Waals surface area contributed by atoms with E-state index in [0.717, 1.165) is 12.3 Å². The van der Waals surface area contributed by atoms with Crippen molar-refractivity contribution in [3.63, 3.8) is 0 Å². The Morgan fingerprint density at radius 3 is 2.92 bits per heavy atom. The summed E-state index contributed by atoms with van der Waals surface area (Å²) in [5, 5.41) is 0. The van der Waals surface area contributed by atoms with Gasteiger partial charge in [0.15, 0.2) is 0 Å². The Balaban J connectivity index is 2.08. The van der Waals surface area contributed by atoms with Crippen LogP contribution < -0.4 is 0 Å². The third kappa shape index (κ3) is 0.675. The lowest BCUT2D eigenvalue weighted by Crippen LogP contribution is -2.25. The summed E-state index contributed by atoms with van der Waals surface area (Å²) in [4.78, 5) is 11.8. The fourth-order valence-electron chi connectivity index (χ4n) is 3.67. The highest BCUT2D eigenvalue weighted by molar-refractivity contribution is 5.89. The largest absolute Gasteiger partial charge is 0.299 e. The minimum Gasteiger partial charge on any atom is -0.299 e. The summed E-state index contributed by atoms with van der Waals surface area (Å²) in [6.45, 7) is 4.06. The molecule has 3 bridgehead atoms. The summed E-state index contributed by atoms with van der Waals surface area (Å²) in [6, 6.07) is 0. The van der Waals surface area contributed by atoms with E-state index in [0.29, 0.717) is 17.6 Å². The van der Waals surface area contributed by atoms with Crippen LogP contribution in [0.5, 0.6) is 0 Å². The first-order valence-corrected chi connectivity index (χ1v) is 4.97. The number of Topliss-reactive ketones (excluding diaryl/α,β-unsaturated/α-hetero) is 1. The minimum absolute atomic E-state index is 0.286. The van der Waals surface area contributed by atoms with Crippen LogP contribution in [0.15, 0.2) is 12.2 Å². The minimum atomic E-state index is 0.286. The number of rotatable bonds is 0. The van der Waals surface area contributed by atoms with Crippen molar-refractivity contribution in [1.29, 1.82) is 0 Å². The normalized spacial score (nSPS) is 50.3. The lowest BCUT2D eigenvalue weighted by molar-refractivity contribution is -0.122. The van der Waals surface area contributed by atoms with Gasteiger partial charge in [-0.15, -0.1) is 0 Å². The number of ketones is 1. The molecule has 3 rings (SSSR count). The average molecular weight is 162 g/mol. The molecule has 1 heteroatoms. The van der Waals surface area contributed by atoms with Gasteiger partial charge in [-0.1, -0.05) is 12.2 Å². The predicted octanol–water partition coefficient (Wildman–Crippen LogP) is 2.18. The Morgan fingerprint density at radius 1 is 1.25 bits per heavy atom. The van der Waals surface area contributed by atoms with Gasteiger partial charge in [-0.05, 0) is 37.5 Å². The number of fused-ring (bicyclic) bond motifs is 2. The maximum absolute atomic E-state index is 11.8. The zero-order chi connectivity index (χ0) is 8.29. The molecule has 0 radical (unpaired) electrons. The first-order chi connectivity index (χ1) is 5.75. The Labute approximate surface area is 72.8 Å². The van der Waals surface area contributed by atoms with Gasteiger partial charge in [-0.25, -0.2) is 0 Å². The molecule has 0 heterocycles. The van der Waals surface area contributed by atoms with E-state index in [4.69, 9.17) is 0 Å². The van der Waals surface area contributed by atoms with Crippen molar-refractivity contribution in [2.75, 3.05) is 0 Å². The molecule has 0 amide bonds. The molecule has 1 unspecified atom stereocenters. The van der Waals surface area contributed by atoms with Gasteiger partial charge in [0.1, 0.15) is 5.78 Å². The highest BCUT2D eigenvalue weighted by Gasteiger charge is 2.51. The lowest BCUT2D eigenvalue weighted by Gasteiger charge is -2.34. The fourth-order valence-corrected chi connectivity index (χ4v) is 3.67. The van der Waals surface area contributed by atoms with Crippen molar-refractivity contribution in [3.05, 3.63) is 12.2 Å². The molecule has 3 fully saturated rings. The molecule has 0 N–H and O–H groups in total. The first-order valence-electron chi connectivity index (χ1n) is 4.97. The fraction of sp³-hybridized carbons (Fsp3) is 0.727. The number of hydrogen-bond acceptors (Lipinski definition) is 1. The molecular formula is C11H14O. The SMILES string of the molecule is C=C1C[C@@H]2C[C@H]3C[C@@H](C2)C1C3=O. The molecule has 0 aromatic heterocycles. The van der Waals surface area contributed by atoms with E-state index in [1.165, 1.54) is 24.8 Å². The molecule has 0 saturated heterocycles. The van der Waals surface area contributed by atoms with Crippen LogP contribution >= 0.6 is 0 Å². The quantitative estimate of drug-likeness (QED) is 0.499. The van der Waals surface area contributed by atoms with Crippen LogP contribution in [0.4, 0.5) is 0 Å². The average Bonchev–Trinajstić information content (AvgIpc) is 2.18. The summed E-state index contributed by atoms with van der Waals surface area (Å²) in [7, 11) is 0. The third-order valence-corrected chi connectivity index (χ3v) is 4.01. The van der Waals surface area contributed by atoms with Crippen molar-refractivity contribution in [2.24, 2.45) is 23.7 Å². The van der Waals surface area contributed by atoms with Gasteiger partial charge in [-0.2, -0.15) is 0 Å². The van der Waals surface area contributed by atoms with Gasteiger partial charge in [0.05, 0.1) is 0 Å². The van der Waals surface area contributed by atoms with E-state index in [9.17, 15) is 4.79 Å². The summed E-state index contributed by atoms with van der Waals surface area (Å²) >= 11 is 0. The Bertz CT molecular complexity index is 266. The van der Waals surface area contributed by atoms with E-state index < -0.39 is 0 Å². The van der Waals surface area contributed by atoms with Crippen molar-refractivity contribution < 1.29 is 4.79 Å². The number of hydrogen-bond donors (Lipinski definition) is 0. The topological polar surface area (TPSA) is 17.1 Å². The summed E-state index contributed by atoms with van der Waals surface area (Å²) < 4.78 is 0. The molecule has 0 aromatic carbocycles.